The summed E-state index contributed by atoms with van der Waals surface area (Å²) < 4.78 is 12.9. The molecule has 0 aliphatic carbocycles. The molecule has 146 valence electrons. The summed E-state index contributed by atoms with van der Waals surface area (Å²) >= 11 is 0. The number of carbonyl (C=O) groups excluding carboxylic acids is 1. The van der Waals surface area contributed by atoms with E-state index in [0.717, 1.165) is 17.7 Å². The zero-order chi connectivity index (χ0) is 18.8. The molecule has 0 aromatic heterocycles. The number of rotatable bonds is 7. The van der Waals surface area contributed by atoms with Crippen LogP contribution in [0.3, 0.4) is 0 Å². The third-order valence-corrected chi connectivity index (χ3v) is 3.66. The average Bonchev–Trinajstić information content (AvgIpc) is 2.64. The second-order valence-electron chi connectivity index (χ2n) is 5.87. The van der Waals surface area contributed by atoms with Gasteiger partial charge in [0, 0.05) is 25.2 Å². The summed E-state index contributed by atoms with van der Waals surface area (Å²) in [6.45, 7) is 6.14. The summed E-state index contributed by atoms with van der Waals surface area (Å²) in [6, 6.07) is 13.8. The van der Waals surface area contributed by atoms with Gasteiger partial charge in [-0.3, -0.25) is 4.79 Å². The lowest BCUT2D eigenvalue weighted by atomic mass is 10.1. The third-order valence-electron chi connectivity index (χ3n) is 3.66. The largest absolute Gasteiger partial charge is 0.357 e. The van der Waals surface area contributed by atoms with Crippen molar-refractivity contribution >= 4 is 35.8 Å². The molecule has 0 aliphatic rings. The zero-order valence-electron chi connectivity index (χ0n) is 15.6. The number of halogens is 2. The molecular formula is C20H26FIN4O. The Morgan fingerprint density at radius 1 is 1.04 bits per heavy atom. The maximum atomic E-state index is 12.9. The Labute approximate surface area is 176 Å². The number of nitrogens with zero attached hydrogens (tertiary/aromatic N) is 1. The molecular weight excluding hydrogens is 458 g/mol. The number of aliphatic imine (C=N–C) groups is 1. The number of hydrogen-bond acceptors (Lipinski definition) is 2. The first kappa shape index (κ1) is 22.9. The molecule has 2 rings (SSSR count). The highest BCUT2D eigenvalue weighted by atomic mass is 127. The van der Waals surface area contributed by atoms with E-state index in [0.29, 0.717) is 31.2 Å². The summed E-state index contributed by atoms with van der Waals surface area (Å²) in [5.74, 6) is 0.303. The molecule has 0 bridgehead atoms. The van der Waals surface area contributed by atoms with Gasteiger partial charge in [-0.05, 0) is 43.7 Å². The molecule has 0 spiro atoms. The first-order valence-corrected chi connectivity index (χ1v) is 8.70. The van der Waals surface area contributed by atoms with Crippen molar-refractivity contribution in [2.75, 3.05) is 19.6 Å². The highest BCUT2D eigenvalue weighted by Gasteiger charge is 2.04. The third kappa shape index (κ3) is 8.38. The van der Waals surface area contributed by atoms with Crippen LogP contribution in [-0.2, 0) is 6.54 Å². The lowest BCUT2D eigenvalue weighted by Crippen LogP contribution is -2.41. The van der Waals surface area contributed by atoms with Gasteiger partial charge in [0.15, 0.2) is 5.96 Å². The van der Waals surface area contributed by atoms with Crippen molar-refractivity contribution in [2.45, 2.75) is 20.4 Å². The zero-order valence-corrected chi connectivity index (χ0v) is 17.9. The van der Waals surface area contributed by atoms with E-state index >= 15 is 0 Å². The second-order valence-corrected chi connectivity index (χ2v) is 5.87. The van der Waals surface area contributed by atoms with Crippen LogP contribution in [0.1, 0.15) is 28.4 Å². The molecule has 7 heteroatoms. The van der Waals surface area contributed by atoms with Gasteiger partial charge >= 0.3 is 0 Å². The Morgan fingerprint density at radius 2 is 1.74 bits per heavy atom. The summed E-state index contributed by atoms with van der Waals surface area (Å²) in [7, 11) is 0. The van der Waals surface area contributed by atoms with E-state index in [4.69, 9.17) is 0 Å². The molecule has 0 saturated heterocycles. The van der Waals surface area contributed by atoms with Crippen molar-refractivity contribution in [1.29, 1.82) is 0 Å². The normalized spacial score (nSPS) is 10.7. The van der Waals surface area contributed by atoms with Gasteiger partial charge in [0.2, 0.25) is 0 Å². The molecule has 5 nitrogen and oxygen atoms in total. The van der Waals surface area contributed by atoms with E-state index in [2.05, 4.69) is 20.9 Å². The lowest BCUT2D eigenvalue weighted by molar-refractivity contribution is 0.0954. The van der Waals surface area contributed by atoms with Crippen LogP contribution < -0.4 is 16.0 Å². The van der Waals surface area contributed by atoms with Gasteiger partial charge in [0.05, 0.1) is 6.54 Å². The first-order valence-electron chi connectivity index (χ1n) is 8.70. The summed E-state index contributed by atoms with van der Waals surface area (Å²) in [5, 5.41) is 9.19. The predicted octanol–water partition coefficient (Wildman–Crippen LogP) is 3.24. The Bertz CT molecular complexity index is 750. The quantitative estimate of drug-likeness (QED) is 0.245. The topological polar surface area (TPSA) is 65.5 Å². The van der Waals surface area contributed by atoms with Crippen LogP contribution in [0.25, 0.3) is 0 Å². The SMILES string of the molecule is CCNC(=NCc1ccc(F)cc1)NCCNC(=O)c1cccc(C)c1.I. The van der Waals surface area contributed by atoms with Gasteiger partial charge in [-0.1, -0.05) is 29.8 Å². The summed E-state index contributed by atoms with van der Waals surface area (Å²) in [6.07, 6.45) is 0. The van der Waals surface area contributed by atoms with Gasteiger partial charge in [-0.15, -0.1) is 24.0 Å². The molecule has 0 saturated carbocycles. The van der Waals surface area contributed by atoms with E-state index < -0.39 is 0 Å². The minimum Gasteiger partial charge on any atom is -0.357 e. The van der Waals surface area contributed by atoms with Gasteiger partial charge < -0.3 is 16.0 Å². The number of amides is 1. The minimum absolute atomic E-state index is 0. The average molecular weight is 484 g/mol. The first-order chi connectivity index (χ1) is 12.6. The van der Waals surface area contributed by atoms with E-state index in [9.17, 15) is 9.18 Å². The summed E-state index contributed by atoms with van der Waals surface area (Å²) in [5.41, 5.74) is 2.64. The monoisotopic (exact) mass is 484 g/mol. The highest BCUT2D eigenvalue weighted by molar-refractivity contribution is 14.0. The van der Waals surface area contributed by atoms with Crippen LogP contribution in [-0.4, -0.2) is 31.5 Å². The molecule has 0 fully saturated rings. The molecule has 0 atom stereocenters. The van der Waals surface area contributed by atoms with E-state index in [-0.39, 0.29) is 35.7 Å². The maximum Gasteiger partial charge on any atom is 0.251 e. The fourth-order valence-corrected chi connectivity index (χ4v) is 2.35. The van der Waals surface area contributed by atoms with Crippen molar-refractivity contribution in [2.24, 2.45) is 4.99 Å². The molecule has 27 heavy (non-hydrogen) atoms. The molecule has 2 aromatic rings. The lowest BCUT2D eigenvalue weighted by Gasteiger charge is -2.12. The van der Waals surface area contributed by atoms with Crippen LogP contribution in [0, 0.1) is 12.7 Å². The second kappa shape index (κ2) is 12.3. The summed E-state index contributed by atoms with van der Waals surface area (Å²) in [4.78, 5) is 16.5. The molecule has 0 aliphatic heterocycles. The Morgan fingerprint density at radius 3 is 2.41 bits per heavy atom. The number of benzene rings is 2. The van der Waals surface area contributed by atoms with E-state index in [1.807, 2.05) is 32.0 Å². The molecule has 0 unspecified atom stereocenters. The fraction of sp³-hybridized carbons (Fsp3) is 0.300. The van der Waals surface area contributed by atoms with E-state index in [1.165, 1.54) is 12.1 Å². The van der Waals surface area contributed by atoms with Crippen LogP contribution >= 0.6 is 24.0 Å². The van der Waals surface area contributed by atoms with Crippen LogP contribution in [0.5, 0.6) is 0 Å². The van der Waals surface area contributed by atoms with Gasteiger partial charge in [0.1, 0.15) is 5.82 Å². The van der Waals surface area contributed by atoms with Crippen LogP contribution in [0.2, 0.25) is 0 Å². The van der Waals surface area contributed by atoms with Gasteiger partial charge in [-0.2, -0.15) is 0 Å². The standard InChI is InChI=1S/C20H25FN4O.HI/c1-3-22-20(25-14-16-7-9-18(21)10-8-16)24-12-11-23-19(26)17-6-4-5-15(2)13-17;/h4-10,13H,3,11-12,14H2,1-2H3,(H,23,26)(H2,22,24,25);1H. The van der Waals surface area contributed by atoms with Crippen molar-refractivity contribution in [3.8, 4) is 0 Å². The maximum absolute atomic E-state index is 12.9. The Balaban J connectivity index is 0.00000364. The van der Waals surface area contributed by atoms with Crippen molar-refractivity contribution in [3.63, 3.8) is 0 Å². The predicted molar refractivity (Wildman–Crippen MR) is 118 cm³/mol. The smallest absolute Gasteiger partial charge is 0.251 e. The van der Waals surface area contributed by atoms with Gasteiger partial charge in [0.25, 0.3) is 5.91 Å². The minimum atomic E-state index is -0.257. The van der Waals surface area contributed by atoms with Crippen LogP contribution in [0.4, 0.5) is 4.39 Å². The van der Waals surface area contributed by atoms with Crippen LogP contribution in [0.15, 0.2) is 53.5 Å². The number of carbonyl (C=O) groups is 1. The number of nitrogens with one attached hydrogen (secondary N) is 3. The molecule has 0 radical (unpaired) electrons. The number of hydrogen-bond donors (Lipinski definition) is 3. The molecule has 0 heterocycles. The molecule has 3 N–H and O–H groups in total. The molecule has 1 amide bonds. The molecule has 2 aromatic carbocycles. The number of guanidine groups is 1. The Kier molecular flexibility index (Phi) is 10.4. The van der Waals surface area contributed by atoms with Crippen molar-refractivity contribution < 1.29 is 9.18 Å². The highest BCUT2D eigenvalue weighted by Crippen LogP contribution is 2.04. The Hall–Kier alpha value is -2.16. The van der Waals surface area contributed by atoms with Crippen molar-refractivity contribution in [3.05, 3.63) is 71.0 Å². The van der Waals surface area contributed by atoms with E-state index in [1.54, 1.807) is 18.2 Å². The number of aryl methyl sites for hydroxylation is 1. The van der Waals surface area contributed by atoms with Crippen molar-refractivity contribution in [1.82, 2.24) is 16.0 Å². The van der Waals surface area contributed by atoms with Gasteiger partial charge in [-0.25, -0.2) is 9.38 Å². The fourth-order valence-electron chi connectivity index (χ4n) is 2.35.